The van der Waals surface area contributed by atoms with Crippen molar-refractivity contribution in [1.29, 1.82) is 0 Å². The number of benzene rings is 2. The summed E-state index contributed by atoms with van der Waals surface area (Å²) in [6.45, 7) is -0.181. The lowest BCUT2D eigenvalue weighted by atomic mass is 10.1. The van der Waals surface area contributed by atoms with Crippen molar-refractivity contribution in [3.05, 3.63) is 64.9 Å². The van der Waals surface area contributed by atoms with E-state index in [1.165, 1.54) is 18.2 Å². The average molecular weight is 337 g/mol. The van der Waals surface area contributed by atoms with Gasteiger partial charge in [-0.3, -0.25) is 9.59 Å². The molecule has 0 heterocycles. The highest BCUT2D eigenvalue weighted by Gasteiger charge is 2.17. The van der Waals surface area contributed by atoms with Crippen molar-refractivity contribution in [1.82, 2.24) is 5.32 Å². The number of amides is 2. The molecule has 0 aliphatic carbocycles. The molecule has 0 aromatic heterocycles. The minimum Gasteiger partial charge on any atom is -0.387 e. The van der Waals surface area contributed by atoms with Crippen LogP contribution in [-0.4, -0.2) is 23.5 Å². The van der Waals surface area contributed by atoms with Crippen molar-refractivity contribution in [3.8, 4) is 0 Å². The summed E-state index contributed by atoms with van der Waals surface area (Å²) in [5.41, 5.74) is 0.608. The van der Waals surface area contributed by atoms with Crippen molar-refractivity contribution >= 4 is 29.1 Å². The first-order valence-electron chi connectivity index (χ1n) is 6.74. The number of halogens is 2. The van der Waals surface area contributed by atoms with E-state index in [0.717, 1.165) is 6.07 Å². The largest absolute Gasteiger partial charge is 0.387 e. The van der Waals surface area contributed by atoms with Crippen molar-refractivity contribution in [2.24, 2.45) is 0 Å². The molecule has 2 amide bonds. The molecule has 0 fully saturated rings. The number of aliphatic hydroxyl groups excluding tert-OH is 1. The predicted molar refractivity (Wildman–Crippen MR) is 84.5 cm³/mol. The number of carbonyl (C=O) groups is 2. The molecular weight excluding hydrogens is 323 g/mol. The molecule has 2 rings (SSSR count). The molecule has 5 nitrogen and oxygen atoms in total. The fourth-order valence-electron chi connectivity index (χ4n) is 1.88. The summed E-state index contributed by atoms with van der Waals surface area (Å²) in [5, 5.41) is 14.9. The molecular formula is C16H14ClFN2O3. The molecule has 0 aliphatic heterocycles. The standard InChI is InChI=1S/C16H14ClFN2O3/c17-13-7-2-1-6-12(13)14(21)9-19-15(22)16(23)20-11-5-3-4-10(18)8-11/h1-8,14,21H,9H2,(H,19,22)(H,20,23)/t14-/m0/s1. The minimum absolute atomic E-state index is 0.164. The molecule has 7 heteroatoms. The number of hydrogen-bond acceptors (Lipinski definition) is 3. The SMILES string of the molecule is O=C(NC[C@H](O)c1ccccc1Cl)C(=O)Nc1cccc(F)c1. The highest BCUT2D eigenvalue weighted by molar-refractivity contribution is 6.39. The molecule has 3 N–H and O–H groups in total. The van der Waals surface area contributed by atoms with E-state index in [4.69, 9.17) is 11.6 Å². The predicted octanol–water partition coefficient (Wildman–Crippen LogP) is 2.27. The molecule has 0 saturated carbocycles. The highest BCUT2D eigenvalue weighted by atomic mass is 35.5. The molecule has 1 atom stereocenters. The van der Waals surface area contributed by atoms with Gasteiger partial charge < -0.3 is 15.7 Å². The van der Waals surface area contributed by atoms with Gasteiger partial charge in [-0.05, 0) is 24.3 Å². The fourth-order valence-corrected chi connectivity index (χ4v) is 2.14. The summed E-state index contributed by atoms with van der Waals surface area (Å²) in [6, 6.07) is 11.8. The number of nitrogens with one attached hydrogen (secondary N) is 2. The Morgan fingerprint density at radius 3 is 2.57 bits per heavy atom. The van der Waals surface area contributed by atoms with Gasteiger partial charge in [0, 0.05) is 22.8 Å². The number of carbonyl (C=O) groups excluding carboxylic acids is 2. The second-order valence-corrected chi connectivity index (χ2v) is 5.12. The molecule has 120 valence electrons. The maximum atomic E-state index is 13.0. The molecule has 0 spiro atoms. The van der Waals surface area contributed by atoms with E-state index in [2.05, 4.69) is 10.6 Å². The van der Waals surface area contributed by atoms with Crippen LogP contribution in [0.15, 0.2) is 48.5 Å². The van der Waals surface area contributed by atoms with Gasteiger partial charge in [0.05, 0.1) is 6.10 Å². The summed E-state index contributed by atoms with van der Waals surface area (Å²) in [5.74, 6) is -2.43. The van der Waals surface area contributed by atoms with E-state index in [1.54, 1.807) is 24.3 Å². The Balaban J connectivity index is 1.89. The quantitative estimate of drug-likeness (QED) is 0.749. The average Bonchev–Trinajstić information content (AvgIpc) is 2.52. The summed E-state index contributed by atoms with van der Waals surface area (Å²) in [4.78, 5) is 23.4. The van der Waals surface area contributed by atoms with Gasteiger partial charge in [0.15, 0.2) is 0 Å². The van der Waals surface area contributed by atoms with Crippen molar-refractivity contribution in [3.63, 3.8) is 0 Å². The molecule has 0 radical (unpaired) electrons. The van der Waals surface area contributed by atoms with E-state index in [0.29, 0.717) is 10.6 Å². The molecule has 23 heavy (non-hydrogen) atoms. The summed E-state index contributed by atoms with van der Waals surface area (Å²) in [6.07, 6.45) is -1.05. The lowest BCUT2D eigenvalue weighted by Crippen LogP contribution is -2.37. The lowest BCUT2D eigenvalue weighted by Gasteiger charge is -2.13. The minimum atomic E-state index is -1.05. The Kier molecular flexibility index (Phi) is 5.67. The van der Waals surface area contributed by atoms with Crippen LogP contribution in [0.4, 0.5) is 10.1 Å². The lowest BCUT2D eigenvalue weighted by molar-refractivity contribution is -0.136. The van der Waals surface area contributed by atoms with E-state index in [1.807, 2.05) is 0 Å². The third-order valence-electron chi connectivity index (χ3n) is 3.01. The van der Waals surface area contributed by atoms with Crippen LogP contribution in [-0.2, 0) is 9.59 Å². The summed E-state index contributed by atoms with van der Waals surface area (Å²) in [7, 11) is 0. The number of anilines is 1. The number of aliphatic hydroxyl groups is 1. The van der Waals surface area contributed by atoms with Crippen LogP contribution in [0.25, 0.3) is 0 Å². The monoisotopic (exact) mass is 336 g/mol. The van der Waals surface area contributed by atoms with Gasteiger partial charge in [-0.1, -0.05) is 35.9 Å². The first-order chi connectivity index (χ1) is 11.0. The van der Waals surface area contributed by atoms with Crippen LogP contribution in [0.5, 0.6) is 0 Å². The van der Waals surface area contributed by atoms with Gasteiger partial charge in [-0.25, -0.2) is 4.39 Å². The molecule has 2 aromatic carbocycles. The summed E-state index contributed by atoms with van der Waals surface area (Å²) < 4.78 is 13.0. The van der Waals surface area contributed by atoms with Crippen LogP contribution in [0, 0.1) is 5.82 Å². The number of hydrogen-bond donors (Lipinski definition) is 3. The van der Waals surface area contributed by atoms with Crippen LogP contribution in [0.3, 0.4) is 0 Å². The van der Waals surface area contributed by atoms with Crippen LogP contribution in [0.1, 0.15) is 11.7 Å². The summed E-state index contributed by atoms with van der Waals surface area (Å²) >= 11 is 5.93. The first kappa shape index (κ1) is 16.9. The van der Waals surface area contributed by atoms with Gasteiger partial charge in [-0.15, -0.1) is 0 Å². The zero-order valence-corrected chi connectivity index (χ0v) is 12.7. The van der Waals surface area contributed by atoms with Crippen molar-refractivity contribution in [2.45, 2.75) is 6.10 Å². The maximum Gasteiger partial charge on any atom is 0.313 e. The third-order valence-corrected chi connectivity index (χ3v) is 3.35. The fraction of sp³-hybridized carbons (Fsp3) is 0.125. The second-order valence-electron chi connectivity index (χ2n) is 4.71. The van der Waals surface area contributed by atoms with E-state index >= 15 is 0 Å². The van der Waals surface area contributed by atoms with E-state index in [-0.39, 0.29) is 12.2 Å². The molecule has 0 unspecified atom stereocenters. The smallest absolute Gasteiger partial charge is 0.313 e. The Hall–Kier alpha value is -2.44. The van der Waals surface area contributed by atoms with Gasteiger partial charge >= 0.3 is 11.8 Å². The maximum absolute atomic E-state index is 13.0. The third kappa shape index (κ3) is 4.77. The van der Waals surface area contributed by atoms with Crippen LogP contribution >= 0.6 is 11.6 Å². The highest BCUT2D eigenvalue weighted by Crippen LogP contribution is 2.21. The van der Waals surface area contributed by atoms with Gasteiger partial charge in [0.1, 0.15) is 5.82 Å². The first-order valence-corrected chi connectivity index (χ1v) is 7.12. The van der Waals surface area contributed by atoms with Crippen molar-refractivity contribution < 1.29 is 19.1 Å². The number of rotatable bonds is 4. The Morgan fingerprint density at radius 2 is 1.87 bits per heavy atom. The van der Waals surface area contributed by atoms with Crippen molar-refractivity contribution in [2.75, 3.05) is 11.9 Å². The molecule has 2 aromatic rings. The van der Waals surface area contributed by atoms with E-state index in [9.17, 15) is 19.1 Å². The molecule has 0 saturated heterocycles. The van der Waals surface area contributed by atoms with E-state index < -0.39 is 23.7 Å². The van der Waals surface area contributed by atoms with Crippen LogP contribution in [0.2, 0.25) is 5.02 Å². The molecule has 0 aliphatic rings. The Morgan fingerprint density at radius 1 is 1.13 bits per heavy atom. The zero-order chi connectivity index (χ0) is 16.8. The van der Waals surface area contributed by atoms with Crippen LogP contribution < -0.4 is 10.6 Å². The normalized spacial score (nSPS) is 11.6. The van der Waals surface area contributed by atoms with Gasteiger partial charge in [0.2, 0.25) is 0 Å². The second kappa shape index (κ2) is 7.71. The van der Waals surface area contributed by atoms with Gasteiger partial charge in [0.25, 0.3) is 0 Å². The topological polar surface area (TPSA) is 78.4 Å². The molecule has 0 bridgehead atoms. The Labute approximate surface area is 137 Å². The van der Waals surface area contributed by atoms with Gasteiger partial charge in [-0.2, -0.15) is 0 Å². The Bertz CT molecular complexity index is 724. The zero-order valence-electron chi connectivity index (χ0n) is 11.9.